The number of ether oxygens (including phenoxy) is 3. The first-order valence-corrected chi connectivity index (χ1v) is 9.38. The molecule has 1 heterocycles. The second kappa shape index (κ2) is 13.9. The second-order valence-electron chi connectivity index (χ2n) is 6.46. The van der Waals surface area contributed by atoms with Crippen molar-refractivity contribution in [3.8, 4) is 5.75 Å². The van der Waals surface area contributed by atoms with Crippen LogP contribution in [0.4, 0.5) is 13.2 Å². The average Bonchev–Trinajstić information content (AvgIpc) is 3.19. The molecule has 1 aliphatic heterocycles. The highest BCUT2D eigenvalue weighted by Crippen LogP contribution is 2.18. The van der Waals surface area contributed by atoms with Gasteiger partial charge in [0.2, 0.25) is 0 Å². The molecule has 0 radical (unpaired) electrons. The van der Waals surface area contributed by atoms with Gasteiger partial charge in [0.1, 0.15) is 5.75 Å². The number of alkyl halides is 3. The van der Waals surface area contributed by atoms with Gasteiger partial charge in [-0.15, -0.1) is 24.0 Å². The molecule has 1 aliphatic rings. The van der Waals surface area contributed by atoms with Crippen molar-refractivity contribution in [1.29, 1.82) is 0 Å². The van der Waals surface area contributed by atoms with Gasteiger partial charge in [0.25, 0.3) is 0 Å². The number of hydrogen-bond acceptors (Lipinski definition) is 4. The van der Waals surface area contributed by atoms with E-state index in [1.807, 2.05) is 0 Å². The van der Waals surface area contributed by atoms with Gasteiger partial charge in [-0.1, -0.05) is 12.1 Å². The van der Waals surface area contributed by atoms with Crippen molar-refractivity contribution in [2.75, 3.05) is 40.0 Å². The number of rotatable bonds is 10. The maximum absolute atomic E-state index is 12.1. The summed E-state index contributed by atoms with van der Waals surface area (Å²) < 4.78 is 52.2. The maximum Gasteiger partial charge on any atom is 0.422 e. The summed E-state index contributed by atoms with van der Waals surface area (Å²) in [6, 6.07) is 6.46. The van der Waals surface area contributed by atoms with Crippen molar-refractivity contribution < 1.29 is 27.4 Å². The average molecular weight is 531 g/mol. The fraction of sp³-hybridized carbons (Fsp3) is 0.632. The molecule has 1 aromatic carbocycles. The van der Waals surface area contributed by atoms with E-state index in [1.165, 1.54) is 12.1 Å². The van der Waals surface area contributed by atoms with Gasteiger partial charge in [0.15, 0.2) is 12.6 Å². The normalized spacial score (nSPS) is 17.0. The smallest absolute Gasteiger partial charge is 0.422 e. The van der Waals surface area contributed by atoms with Gasteiger partial charge in [-0.2, -0.15) is 13.2 Å². The zero-order valence-corrected chi connectivity index (χ0v) is 18.8. The molecule has 0 amide bonds. The molecular weight excluding hydrogens is 502 g/mol. The van der Waals surface area contributed by atoms with Crippen LogP contribution < -0.4 is 15.4 Å². The number of nitrogens with one attached hydrogen (secondary N) is 2. The van der Waals surface area contributed by atoms with Crippen LogP contribution in [-0.2, 0) is 16.0 Å². The molecule has 1 atom stereocenters. The molecule has 1 fully saturated rings. The minimum Gasteiger partial charge on any atom is -0.484 e. The maximum atomic E-state index is 12.1. The van der Waals surface area contributed by atoms with E-state index < -0.39 is 12.8 Å². The van der Waals surface area contributed by atoms with Crippen molar-refractivity contribution in [1.82, 2.24) is 10.6 Å². The standard InChI is InChI=1S/C19H28F3N3O3.HI/c1-23-18(24-9-3-10-26-13-17-4-2-11-27-17)25-12-15-5-7-16(8-6-15)28-14-19(20,21)22;/h5-8,17H,2-4,9-14H2,1H3,(H2,23,24,25);1H. The first kappa shape index (κ1) is 25.8. The first-order valence-electron chi connectivity index (χ1n) is 9.38. The Morgan fingerprint density at radius 3 is 2.62 bits per heavy atom. The van der Waals surface area contributed by atoms with E-state index >= 15 is 0 Å². The van der Waals surface area contributed by atoms with E-state index in [1.54, 1.807) is 19.2 Å². The third-order valence-corrected chi connectivity index (χ3v) is 4.10. The molecule has 0 bridgehead atoms. The van der Waals surface area contributed by atoms with Crippen molar-refractivity contribution in [2.45, 2.75) is 38.1 Å². The van der Waals surface area contributed by atoms with Crippen LogP contribution in [0.5, 0.6) is 5.75 Å². The lowest BCUT2D eigenvalue weighted by Gasteiger charge is -2.13. The van der Waals surface area contributed by atoms with Gasteiger partial charge in [-0.3, -0.25) is 4.99 Å². The van der Waals surface area contributed by atoms with Gasteiger partial charge in [-0.25, -0.2) is 0 Å². The number of halogens is 4. The van der Waals surface area contributed by atoms with Crippen LogP contribution in [0.15, 0.2) is 29.3 Å². The zero-order chi connectivity index (χ0) is 20.2. The Bertz CT molecular complexity index is 595. The lowest BCUT2D eigenvalue weighted by atomic mass is 10.2. The molecule has 10 heteroatoms. The second-order valence-corrected chi connectivity index (χ2v) is 6.46. The van der Waals surface area contributed by atoms with E-state index in [9.17, 15) is 13.2 Å². The van der Waals surface area contributed by atoms with E-state index in [0.717, 1.165) is 38.0 Å². The van der Waals surface area contributed by atoms with E-state index in [4.69, 9.17) is 9.47 Å². The summed E-state index contributed by atoms with van der Waals surface area (Å²) in [4.78, 5) is 4.14. The summed E-state index contributed by atoms with van der Waals surface area (Å²) in [6.07, 6.45) is -1.06. The molecule has 0 aromatic heterocycles. The Morgan fingerprint density at radius 2 is 2.00 bits per heavy atom. The van der Waals surface area contributed by atoms with Gasteiger partial charge in [0.05, 0.1) is 12.7 Å². The molecule has 29 heavy (non-hydrogen) atoms. The van der Waals surface area contributed by atoms with Gasteiger partial charge < -0.3 is 24.8 Å². The Labute approximate surface area is 186 Å². The minimum absolute atomic E-state index is 0. The number of benzene rings is 1. The van der Waals surface area contributed by atoms with Crippen LogP contribution in [0.1, 0.15) is 24.8 Å². The lowest BCUT2D eigenvalue weighted by molar-refractivity contribution is -0.153. The summed E-state index contributed by atoms with van der Waals surface area (Å²) in [6.45, 7) is 2.06. The minimum atomic E-state index is -4.34. The van der Waals surface area contributed by atoms with Crippen molar-refractivity contribution in [2.24, 2.45) is 4.99 Å². The molecule has 1 saturated heterocycles. The quantitative estimate of drug-likeness (QED) is 0.210. The van der Waals surface area contributed by atoms with Gasteiger partial charge in [0, 0.05) is 33.4 Å². The Kier molecular flexibility index (Phi) is 12.3. The van der Waals surface area contributed by atoms with E-state index in [0.29, 0.717) is 25.7 Å². The SMILES string of the molecule is CN=C(NCCCOCC1CCCO1)NCc1ccc(OCC(F)(F)F)cc1.I. The molecule has 166 valence electrons. The highest BCUT2D eigenvalue weighted by Gasteiger charge is 2.28. The number of nitrogens with zero attached hydrogens (tertiary/aromatic N) is 1. The van der Waals surface area contributed by atoms with E-state index in [2.05, 4.69) is 20.4 Å². The summed E-state index contributed by atoms with van der Waals surface area (Å²) in [5.41, 5.74) is 0.905. The summed E-state index contributed by atoms with van der Waals surface area (Å²) >= 11 is 0. The molecule has 0 aliphatic carbocycles. The Balaban J connectivity index is 0.00000420. The third-order valence-electron chi connectivity index (χ3n) is 4.10. The molecule has 6 nitrogen and oxygen atoms in total. The zero-order valence-electron chi connectivity index (χ0n) is 16.5. The van der Waals surface area contributed by atoms with Gasteiger partial charge in [-0.05, 0) is 37.0 Å². The van der Waals surface area contributed by atoms with Gasteiger partial charge >= 0.3 is 6.18 Å². The van der Waals surface area contributed by atoms with Crippen LogP contribution in [0.2, 0.25) is 0 Å². The molecule has 2 rings (SSSR count). The monoisotopic (exact) mass is 531 g/mol. The van der Waals surface area contributed by atoms with Crippen LogP contribution in [0.25, 0.3) is 0 Å². The van der Waals surface area contributed by atoms with Crippen molar-refractivity contribution in [3.63, 3.8) is 0 Å². The fourth-order valence-corrected chi connectivity index (χ4v) is 2.65. The van der Waals surface area contributed by atoms with Crippen molar-refractivity contribution in [3.05, 3.63) is 29.8 Å². The Hall–Kier alpha value is -1.27. The topological polar surface area (TPSA) is 64.1 Å². The fourth-order valence-electron chi connectivity index (χ4n) is 2.65. The summed E-state index contributed by atoms with van der Waals surface area (Å²) in [7, 11) is 1.68. The van der Waals surface area contributed by atoms with Crippen LogP contribution in [0.3, 0.4) is 0 Å². The largest absolute Gasteiger partial charge is 0.484 e. The summed E-state index contributed by atoms with van der Waals surface area (Å²) in [5, 5.41) is 6.35. The van der Waals surface area contributed by atoms with Crippen LogP contribution >= 0.6 is 24.0 Å². The number of aliphatic imine (C=N–C) groups is 1. The third kappa shape index (κ3) is 11.5. The first-order chi connectivity index (χ1) is 13.5. The number of guanidine groups is 1. The highest BCUT2D eigenvalue weighted by molar-refractivity contribution is 14.0. The molecule has 1 aromatic rings. The van der Waals surface area contributed by atoms with Crippen LogP contribution in [0, 0.1) is 0 Å². The molecule has 2 N–H and O–H groups in total. The molecule has 1 unspecified atom stereocenters. The molecular formula is C19H29F3IN3O3. The lowest BCUT2D eigenvalue weighted by Crippen LogP contribution is -2.37. The highest BCUT2D eigenvalue weighted by atomic mass is 127. The molecule has 0 spiro atoms. The number of hydrogen-bond donors (Lipinski definition) is 2. The predicted molar refractivity (Wildman–Crippen MR) is 116 cm³/mol. The van der Waals surface area contributed by atoms with Crippen LogP contribution in [-0.4, -0.2) is 58.3 Å². The Morgan fingerprint density at radius 1 is 1.24 bits per heavy atom. The predicted octanol–water partition coefficient (Wildman–Crippen LogP) is 3.50. The van der Waals surface area contributed by atoms with E-state index in [-0.39, 0.29) is 35.8 Å². The molecule has 0 saturated carbocycles. The van der Waals surface area contributed by atoms with Crippen molar-refractivity contribution >= 4 is 29.9 Å². The summed E-state index contributed by atoms with van der Waals surface area (Å²) in [5.74, 6) is 0.836.